The topological polar surface area (TPSA) is 61.8 Å². The van der Waals surface area contributed by atoms with Gasteiger partial charge in [0.2, 0.25) is 0 Å². The Kier molecular flexibility index (Phi) is 4.59. The second-order valence-electron chi connectivity index (χ2n) is 3.98. The molecule has 1 aliphatic heterocycles. The average molecular weight is 347 g/mol. The zero-order chi connectivity index (χ0) is 14.7. The Morgan fingerprint density at radius 1 is 1.40 bits per heavy atom. The second-order valence-corrected chi connectivity index (χ2v) is 4.77. The summed E-state index contributed by atoms with van der Waals surface area (Å²) in [6, 6.07) is 1.17. The predicted molar refractivity (Wildman–Crippen MR) is 70.7 cm³/mol. The lowest BCUT2D eigenvalue weighted by Gasteiger charge is -2.12. The number of ether oxygens (including phenoxy) is 3. The van der Waals surface area contributed by atoms with E-state index in [1.54, 1.807) is 6.92 Å². The van der Waals surface area contributed by atoms with Gasteiger partial charge >= 0.3 is 5.97 Å². The van der Waals surface area contributed by atoms with Gasteiger partial charge in [0.05, 0.1) is 29.9 Å². The highest BCUT2D eigenvalue weighted by Gasteiger charge is 2.28. The molecule has 0 N–H and O–H groups in total. The predicted octanol–water partition coefficient (Wildman–Crippen LogP) is 2.50. The molecule has 1 aliphatic rings. The lowest BCUT2D eigenvalue weighted by molar-refractivity contribution is -0.137. The van der Waals surface area contributed by atoms with Crippen LogP contribution < -0.4 is 9.47 Å². The highest BCUT2D eigenvalue weighted by Crippen LogP contribution is 2.40. The highest BCUT2D eigenvalue weighted by atomic mass is 79.9. The summed E-state index contributed by atoms with van der Waals surface area (Å²) in [7, 11) is 0. The van der Waals surface area contributed by atoms with Gasteiger partial charge in [0, 0.05) is 6.42 Å². The number of ketones is 1. The minimum atomic E-state index is -1.10. The van der Waals surface area contributed by atoms with E-state index in [1.807, 2.05) is 0 Å². The zero-order valence-electron chi connectivity index (χ0n) is 10.7. The number of fused-ring (bicyclic) bond motifs is 1. The summed E-state index contributed by atoms with van der Waals surface area (Å²) < 4.78 is 29.5. The van der Waals surface area contributed by atoms with Gasteiger partial charge in [-0.3, -0.25) is 4.79 Å². The molecule has 0 aromatic heterocycles. The smallest absolute Gasteiger partial charge is 0.379 e. The molecule has 1 heterocycles. The van der Waals surface area contributed by atoms with Crippen molar-refractivity contribution < 1.29 is 28.2 Å². The van der Waals surface area contributed by atoms with Gasteiger partial charge in [-0.2, -0.15) is 0 Å². The van der Waals surface area contributed by atoms with E-state index >= 15 is 0 Å². The summed E-state index contributed by atoms with van der Waals surface area (Å²) in [5.41, 5.74) is -0.403. The maximum Gasteiger partial charge on any atom is 0.379 e. The molecule has 0 bridgehead atoms. The third kappa shape index (κ3) is 2.77. The first-order valence-corrected chi connectivity index (χ1v) is 6.84. The molecule has 5 nitrogen and oxygen atoms in total. The minimum Gasteiger partial charge on any atom is -0.489 e. The Morgan fingerprint density at radius 3 is 2.80 bits per heavy atom. The minimum absolute atomic E-state index is 0.0375. The first-order chi connectivity index (χ1) is 9.56. The van der Waals surface area contributed by atoms with Crippen molar-refractivity contribution in [2.45, 2.75) is 13.3 Å². The molecule has 0 unspecified atom stereocenters. The van der Waals surface area contributed by atoms with Crippen molar-refractivity contribution >= 4 is 27.7 Å². The largest absolute Gasteiger partial charge is 0.489 e. The van der Waals surface area contributed by atoms with Gasteiger partial charge in [-0.1, -0.05) is 0 Å². The van der Waals surface area contributed by atoms with E-state index in [4.69, 9.17) is 9.47 Å². The Labute approximate surface area is 123 Å². The summed E-state index contributed by atoms with van der Waals surface area (Å²) in [5.74, 6) is -2.61. The van der Waals surface area contributed by atoms with E-state index in [1.165, 1.54) is 6.07 Å². The summed E-state index contributed by atoms with van der Waals surface area (Å²) in [4.78, 5) is 23.3. The van der Waals surface area contributed by atoms with Gasteiger partial charge in [0.1, 0.15) is 0 Å². The molecule has 0 amide bonds. The first kappa shape index (κ1) is 14.8. The van der Waals surface area contributed by atoms with Gasteiger partial charge in [0.15, 0.2) is 17.3 Å². The molecule has 1 aromatic carbocycles. The lowest BCUT2D eigenvalue weighted by atomic mass is 10.1. The number of Topliss-reactive ketones (excluding diaryl/α,β-unsaturated/α-hetero) is 1. The molecule has 0 radical (unpaired) electrons. The number of carbonyl (C=O) groups is 2. The summed E-state index contributed by atoms with van der Waals surface area (Å²) in [6.07, 6.45) is 0.643. The van der Waals surface area contributed by atoms with Crippen LogP contribution in [0.25, 0.3) is 0 Å². The third-order valence-electron chi connectivity index (χ3n) is 2.63. The van der Waals surface area contributed by atoms with E-state index in [2.05, 4.69) is 20.7 Å². The maximum atomic E-state index is 14.2. The maximum absolute atomic E-state index is 14.2. The van der Waals surface area contributed by atoms with Gasteiger partial charge < -0.3 is 14.2 Å². The molecule has 20 heavy (non-hydrogen) atoms. The van der Waals surface area contributed by atoms with Crippen molar-refractivity contribution in [3.05, 3.63) is 21.9 Å². The number of carbonyl (C=O) groups excluding carboxylic acids is 2. The van der Waals surface area contributed by atoms with Crippen LogP contribution in [-0.2, 0) is 9.53 Å². The Morgan fingerprint density at radius 2 is 2.10 bits per heavy atom. The second kappa shape index (κ2) is 6.21. The SMILES string of the molecule is CCOC(=O)C(=O)c1cc2c(c(Br)c1F)OCCCO2. The number of esters is 1. The number of rotatable bonds is 3. The molecule has 0 aliphatic carbocycles. The number of halogens is 2. The molecular weight excluding hydrogens is 335 g/mol. The number of hydrogen-bond donors (Lipinski definition) is 0. The molecule has 2 rings (SSSR count). The van der Waals surface area contributed by atoms with E-state index in [0.717, 1.165) is 0 Å². The van der Waals surface area contributed by atoms with E-state index < -0.39 is 23.1 Å². The molecular formula is C13H12BrFO5. The Bertz CT molecular complexity index is 558. The fraction of sp³-hybridized carbons (Fsp3) is 0.385. The van der Waals surface area contributed by atoms with E-state index in [9.17, 15) is 14.0 Å². The van der Waals surface area contributed by atoms with Crippen LogP contribution >= 0.6 is 15.9 Å². The summed E-state index contributed by atoms with van der Waals surface area (Å²) >= 11 is 3.02. The molecule has 0 atom stereocenters. The van der Waals surface area contributed by atoms with E-state index in [-0.39, 0.29) is 22.6 Å². The van der Waals surface area contributed by atoms with Crippen molar-refractivity contribution in [2.75, 3.05) is 19.8 Å². The highest BCUT2D eigenvalue weighted by molar-refractivity contribution is 9.10. The van der Waals surface area contributed by atoms with Gasteiger partial charge in [0.25, 0.3) is 5.78 Å². The third-order valence-corrected chi connectivity index (χ3v) is 3.33. The van der Waals surface area contributed by atoms with Crippen LogP contribution in [0.15, 0.2) is 10.5 Å². The molecule has 0 spiro atoms. The molecule has 0 saturated heterocycles. The molecule has 0 fully saturated rings. The fourth-order valence-corrected chi connectivity index (χ4v) is 2.24. The van der Waals surface area contributed by atoms with Gasteiger partial charge in [-0.25, -0.2) is 9.18 Å². The van der Waals surface area contributed by atoms with Crippen LogP contribution in [0.5, 0.6) is 11.5 Å². The molecule has 108 valence electrons. The molecule has 7 heteroatoms. The lowest BCUT2D eigenvalue weighted by Crippen LogP contribution is -2.19. The summed E-state index contributed by atoms with van der Waals surface area (Å²) in [6.45, 7) is 2.37. The van der Waals surface area contributed by atoms with Crippen molar-refractivity contribution in [1.82, 2.24) is 0 Å². The van der Waals surface area contributed by atoms with Crippen molar-refractivity contribution in [3.63, 3.8) is 0 Å². The average Bonchev–Trinajstić information content (AvgIpc) is 2.67. The molecule has 0 saturated carbocycles. The van der Waals surface area contributed by atoms with Gasteiger partial charge in [-0.05, 0) is 28.9 Å². The van der Waals surface area contributed by atoms with E-state index in [0.29, 0.717) is 19.6 Å². The van der Waals surface area contributed by atoms with Crippen LogP contribution in [0.1, 0.15) is 23.7 Å². The van der Waals surface area contributed by atoms with Crippen molar-refractivity contribution in [2.24, 2.45) is 0 Å². The Hall–Kier alpha value is -1.63. The standard InChI is InChI=1S/C13H12BrFO5/c1-2-18-13(17)11(16)7-6-8-12(9(14)10(7)15)20-5-3-4-19-8/h6H,2-5H2,1H3. The van der Waals surface area contributed by atoms with Crippen molar-refractivity contribution in [3.8, 4) is 11.5 Å². The Balaban J connectivity index is 2.45. The van der Waals surface area contributed by atoms with Crippen molar-refractivity contribution in [1.29, 1.82) is 0 Å². The quantitative estimate of drug-likeness (QED) is 0.478. The van der Waals surface area contributed by atoms with Crippen LogP contribution in [-0.4, -0.2) is 31.6 Å². The summed E-state index contributed by atoms with van der Waals surface area (Å²) in [5, 5.41) is 0. The first-order valence-electron chi connectivity index (χ1n) is 6.05. The van der Waals surface area contributed by atoms with Crippen LogP contribution in [0, 0.1) is 5.82 Å². The normalized spacial score (nSPS) is 13.6. The molecule has 1 aromatic rings. The zero-order valence-corrected chi connectivity index (χ0v) is 12.3. The van der Waals surface area contributed by atoms with Crippen LogP contribution in [0.3, 0.4) is 0 Å². The van der Waals surface area contributed by atoms with Crippen LogP contribution in [0.2, 0.25) is 0 Å². The number of hydrogen-bond acceptors (Lipinski definition) is 5. The van der Waals surface area contributed by atoms with Crippen LogP contribution in [0.4, 0.5) is 4.39 Å². The fourth-order valence-electron chi connectivity index (χ4n) is 1.71. The monoisotopic (exact) mass is 346 g/mol. The van der Waals surface area contributed by atoms with Gasteiger partial charge in [-0.15, -0.1) is 0 Å². The number of benzene rings is 1.